The average molecular weight is 304 g/mol. The van der Waals surface area contributed by atoms with Crippen molar-refractivity contribution in [2.24, 2.45) is 5.41 Å². The van der Waals surface area contributed by atoms with Crippen LogP contribution in [0.5, 0.6) is 0 Å². The summed E-state index contributed by atoms with van der Waals surface area (Å²) in [6.45, 7) is 6.19. The number of benzene rings is 1. The van der Waals surface area contributed by atoms with Crippen LogP contribution in [0.2, 0.25) is 0 Å². The zero-order chi connectivity index (χ0) is 14.6. The fourth-order valence-electron chi connectivity index (χ4n) is 4.56. The van der Waals surface area contributed by atoms with Crippen molar-refractivity contribution in [1.29, 1.82) is 0 Å². The van der Waals surface area contributed by atoms with E-state index < -0.39 is 11.4 Å². The quantitative estimate of drug-likeness (QED) is 0.853. The summed E-state index contributed by atoms with van der Waals surface area (Å²) in [7, 11) is 0. The van der Waals surface area contributed by atoms with Crippen molar-refractivity contribution in [2.75, 3.05) is 13.1 Å². The van der Waals surface area contributed by atoms with Crippen molar-refractivity contribution in [1.82, 2.24) is 9.62 Å². The molecule has 4 rings (SSSR count). The SMILES string of the molecule is Cc1ccc([S+]([O-])N2CC3(CC4CCC(C3)N4)C2)c(C)c1. The number of aryl methyl sites for hydroxylation is 2. The van der Waals surface area contributed by atoms with E-state index in [-0.39, 0.29) is 0 Å². The molecule has 2 bridgehead atoms. The molecule has 1 aromatic rings. The molecular weight excluding hydrogens is 280 g/mol. The van der Waals surface area contributed by atoms with Crippen molar-refractivity contribution in [3.05, 3.63) is 29.3 Å². The normalized spacial score (nSPS) is 32.1. The molecule has 3 fully saturated rings. The average Bonchev–Trinajstić information content (AvgIpc) is 2.74. The predicted octanol–water partition coefficient (Wildman–Crippen LogP) is 2.54. The van der Waals surface area contributed by atoms with Gasteiger partial charge in [0.05, 0.1) is 24.5 Å². The fourth-order valence-corrected chi connectivity index (χ4v) is 6.14. The van der Waals surface area contributed by atoms with Crippen LogP contribution in [0.25, 0.3) is 0 Å². The topological polar surface area (TPSA) is 38.3 Å². The van der Waals surface area contributed by atoms with E-state index in [0.717, 1.165) is 35.6 Å². The number of piperidine rings is 1. The smallest absolute Gasteiger partial charge is 0.177 e. The Morgan fingerprint density at radius 3 is 2.48 bits per heavy atom. The minimum absolute atomic E-state index is 0.450. The van der Waals surface area contributed by atoms with Crippen LogP contribution in [-0.2, 0) is 11.4 Å². The molecule has 114 valence electrons. The Kier molecular flexibility index (Phi) is 3.34. The zero-order valence-electron chi connectivity index (χ0n) is 12.9. The monoisotopic (exact) mass is 304 g/mol. The van der Waals surface area contributed by atoms with Gasteiger partial charge in [0, 0.05) is 23.1 Å². The second-order valence-electron chi connectivity index (χ2n) is 7.36. The molecule has 0 amide bonds. The van der Waals surface area contributed by atoms with Gasteiger partial charge in [0.1, 0.15) is 0 Å². The summed E-state index contributed by atoms with van der Waals surface area (Å²) in [6.07, 6.45) is 5.24. The minimum atomic E-state index is -0.978. The van der Waals surface area contributed by atoms with Crippen LogP contribution < -0.4 is 5.32 Å². The second-order valence-corrected chi connectivity index (χ2v) is 8.82. The summed E-state index contributed by atoms with van der Waals surface area (Å²) >= 11 is -0.978. The van der Waals surface area contributed by atoms with Crippen molar-refractivity contribution >= 4 is 11.4 Å². The lowest BCUT2D eigenvalue weighted by atomic mass is 9.71. The van der Waals surface area contributed by atoms with Crippen LogP contribution in [0.4, 0.5) is 0 Å². The molecule has 1 N–H and O–H groups in total. The summed E-state index contributed by atoms with van der Waals surface area (Å²) in [6, 6.07) is 7.69. The van der Waals surface area contributed by atoms with Crippen LogP contribution in [0.3, 0.4) is 0 Å². The van der Waals surface area contributed by atoms with Gasteiger partial charge >= 0.3 is 0 Å². The number of hydrogen-bond donors (Lipinski definition) is 1. The van der Waals surface area contributed by atoms with E-state index in [2.05, 4.69) is 35.6 Å². The van der Waals surface area contributed by atoms with E-state index in [9.17, 15) is 4.55 Å². The van der Waals surface area contributed by atoms with Gasteiger partial charge in [-0.15, -0.1) is 4.31 Å². The molecule has 3 atom stereocenters. The Bertz CT molecular complexity index is 542. The van der Waals surface area contributed by atoms with Crippen LogP contribution in [0.15, 0.2) is 23.1 Å². The number of nitrogens with one attached hydrogen (secondary N) is 1. The fraction of sp³-hybridized carbons (Fsp3) is 0.647. The van der Waals surface area contributed by atoms with E-state index in [0.29, 0.717) is 5.41 Å². The van der Waals surface area contributed by atoms with Gasteiger partial charge in [-0.3, -0.25) is 0 Å². The Labute approximate surface area is 130 Å². The highest BCUT2D eigenvalue weighted by molar-refractivity contribution is 7.89. The molecule has 0 saturated carbocycles. The Morgan fingerprint density at radius 2 is 1.86 bits per heavy atom. The van der Waals surface area contributed by atoms with Crippen LogP contribution in [0.1, 0.15) is 36.8 Å². The van der Waals surface area contributed by atoms with Gasteiger partial charge < -0.3 is 9.87 Å². The third-order valence-electron chi connectivity index (χ3n) is 5.47. The molecule has 4 heteroatoms. The van der Waals surface area contributed by atoms with Gasteiger partial charge in [0.2, 0.25) is 0 Å². The second kappa shape index (κ2) is 4.98. The summed E-state index contributed by atoms with van der Waals surface area (Å²) in [5.74, 6) is 0. The Balaban J connectivity index is 1.45. The molecule has 3 aliphatic heterocycles. The number of nitrogens with zero attached hydrogens (tertiary/aromatic N) is 1. The maximum atomic E-state index is 12.8. The molecule has 0 aromatic heterocycles. The van der Waals surface area contributed by atoms with E-state index in [1.54, 1.807) is 0 Å². The van der Waals surface area contributed by atoms with Crippen LogP contribution in [-0.4, -0.2) is 34.0 Å². The highest BCUT2D eigenvalue weighted by Gasteiger charge is 2.54. The third-order valence-corrected chi connectivity index (χ3v) is 7.03. The molecule has 1 spiro atoms. The van der Waals surface area contributed by atoms with E-state index >= 15 is 0 Å². The minimum Gasteiger partial charge on any atom is -0.593 e. The van der Waals surface area contributed by atoms with Gasteiger partial charge in [-0.2, -0.15) is 0 Å². The molecule has 3 heterocycles. The molecule has 1 aromatic carbocycles. The first-order chi connectivity index (χ1) is 10.0. The summed E-state index contributed by atoms with van der Waals surface area (Å²) in [4.78, 5) is 0.993. The summed E-state index contributed by atoms with van der Waals surface area (Å²) in [5, 5.41) is 3.71. The summed E-state index contributed by atoms with van der Waals surface area (Å²) in [5.41, 5.74) is 2.84. The highest BCUT2D eigenvalue weighted by atomic mass is 32.2. The lowest BCUT2D eigenvalue weighted by Gasteiger charge is -2.52. The van der Waals surface area contributed by atoms with E-state index in [1.165, 1.54) is 31.2 Å². The van der Waals surface area contributed by atoms with Crippen molar-refractivity contribution in [3.8, 4) is 0 Å². The van der Waals surface area contributed by atoms with Crippen LogP contribution in [0, 0.1) is 19.3 Å². The maximum Gasteiger partial charge on any atom is 0.177 e. The first kappa shape index (κ1) is 14.1. The zero-order valence-corrected chi connectivity index (χ0v) is 13.7. The Hall–Kier alpha value is -0.550. The van der Waals surface area contributed by atoms with Crippen molar-refractivity contribution < 1.29 is 4.55 Å². The van der Waals surface area contributed by atoms with Gasteiger partial charge in [0.25, 0.3) is 0 Å². The lowest BCUT2D eigenvalue weighted by Crippen LogP contribution is -2.63. The molecular formula is C17H24N2OS. The molecule has 3 aliphatic rings. The van der Waals surface area contributed by atoms with Gasteiger partial charge in [-0.1, -0.05) is 17.7 Å². The van der Waals surface area contributed by atoms with Gasteiger partial charge in [-0.25, -0.2) is 0 Å². The maximum absolute atomic E-state index is 12.8. The summed E-state index contributed by atoms with van der Waals surface area (Å²) < 4.78 is 15.0. The van der Waals surface area contributed by atoms with Gasteiger partial charge in [0.15, 0.2) is 4.90 Å². The van der Waals surface area contributed by atoms with Crippen LogP contribution >= 0.6 is 0 Å². The first-order valence-electron chi connectivity index (χ1n) is 8.05. The highest BCUT2D eigenvalue weighted by Crippen LogP contribution is 2.48. The molecule has 0 aliphatic carbocycles. The van der Waals surface area contributed by atoms with Gasteiger partial charge in [-0.05, 0) is 45.6 Å². The Morgan fingerprint density at radius 1 is 1.19 bits per heavy atom. The lowest BCUT2D eigenvalue weighted by molar-refractivity contribution is 0.0183. The van der Waals surface area contributed by atoms with Crippen molar-refractivity contribution in [2.45, 2.75) is 56.5 Å². The number of hydrogen-bond acceptors (Lipinski definition) is 3. The molecule has 21 heavy (non-hydrogen) atoms. The predicted molar refractivity (Wildman–Crippen MR) is 85.5 cm³/mol. The third kappa shape index (κ3) is 2.42. The first-order valence-corrected chi connectivity index (χ1v) is 9.16. The standard InChI is InChI=1S/C17H24N2OS/c1-12-3-6-16(13(2)7-12)21(20)19-10-17(11-19)8-14-4-5-15(9-17)18-14/h3,6-7,14-15,18H,4-5,8-11H2,1-2H3. The molecule has 3 unspecified atom stereocenters. The van der Waals surface area contributed by atoms with E-state index in [1.807, 2.05) is 6.07 Å². The number of fused-ring (bicyclic) bond motifs is 2. The molecule has 3 nitrogen and oxygen atoms in total. The van der Waals surface area contributed by atoms with Crippen molar-refractivity contribution in [3.63, 3.8) is 0 Å². The molecule has 3 saturated heterocycles. The number of rotatable bonds is 2. The largest absolute Gasteiger partial charge is 0.593 e. The molecule has 0 radical (unpaired) electrons. The van der Waals surface area contributed by atoms with E-state index in [4.69, 9.17) is 0 Å².